The molecule has 1 heterocycles. The zero-order chi connectivity index (χ0) is 13.1. The van der Waals surface area contributed by atoms with E-state index in [1.165, 1.54) is 5.56 Å². The molecule has 0 radical (unpaired) electrons. The second kappa shape index (κ2) is 5.03. The fourth-order valence-electron chi connectivity index (χ4n) is 2.30. The van der Waals surface area contributed by atoms with Gasteiger partial charge in [0, 0.05) is 23.7 Å². The lowest BCUT2D eigenvalue weighted by Crippen LogP contribution is -2.13. The Morgan fingerprint density at radius 3 is 2.74 bits per heavy atom. The maximum absolute atomic E-state index is 8.75. The number of fused-ring (bicyclic) bond motifs is 1. The van der Waals surface area contributed by atoms with Crippen molar-refractivity contribution in [2.24, 2.45) is 0 Å². The Labute approximate surface area is 112 Å². The lowest BCUT2D eigenvalue weighted by Gasteiger charge is -2.11. The Hall–Kier alpha value is -2.47. The van der Waals surface area contributed by atoms with Crippen LogP contribution >= 0.6 is 0 Å². The zero-order valence-corrected chi connectivity index (χ0v) is 10.5. The number of nitriles is 1. The van der Waals surface area contributed by atoms with Crippen LogP contribution in [0.1, 0.15) is 17.0 Å². The molecule has 3 nitrogen and oxygen atoms in total. The van der Waals surface area contributed by atoms with Crippen molar-refractivity contribution in [1.29, 1.82) is 5.26 Å². The predicted octanol–water partition coefficient (Wildman–Crippen LogP) is 3.15. The quantitative estimate of drug-likeness (QED) is 0.910. The summed E-state index contributed by atoms with van der Waals surface area (Å²) in [7, 11) is 0. The van der Waals surface area contributed by atoms with Crippen molar-refractivity contribution in [2.75, 3.05) is 18.5 Å². The summed E-state index contributed by atoms with van der Waals surface area (Å²) in [6, 6.07) is 17.8. The first-order valence-corrected chi connectivity index (χ1v) is 6.32. The predicted molar refractivity (Wildman–Crippen MR) is 74.3 cm³/mol. The highest BCUT2D eigenvalue weighted by Gasteiger charge is 2.22. The van der Waals surface area contributed by atoms with Gasteiger partial charge in [0.2, 0.25) is 0 Å². The molecule has 0 fully saturated rings. The Morgan fingerprint density at radius 1 is 1.16 bits per heavy atom. The van der Waals surface area contributed by atoms with Gasteiger partial charge in [-0.2, -0.15) is 5.26 Å². The van der Waals surface area contributed by atoms with Crippen molar-refractivity contribution < 1.29 is 4.74 Å². The van der Waals surface area contributed by atoms with Crippen LogP contribution in [0.3, 0.4) is 0 Å². The molecule has 19 heavy (non-hydrogen) atoms. The summed E-state index contributed by atoms with van der Waals surface area (Å²) in [5.74, 6) is 1.38. The molecule has 0 saturated heterocycles. The molecule has 0 amide bonds. The molecule has 0 aliphatic carbocycles. The molecule has 1 N–H and O–H groups in total. The van der Waals surface area contributed by atoms with Crippen molar-refractivity contribution in [3.63, 3.8) is 0 Å². The number of rotatable bonds is 3. The van der Waals surface area contributed by atoms with Gasteiger partial charge in [-0.15, -0.1) is 0 Å². The van der Waals surface area contributed by atoms with Crippen LogP contribution in [0.4, 0.5) is 5.69 Å². The smallest absolute Gasteiger partial charge is 0.122 e. The molecule has 3 rings (SSSR count). The monoisotopic (exact) mass is 250 g/mol. The second-order valence-electron chi connectivity index (χ2n) is 4.62. The summed E-state index contributed by atoms with van der Waals surface area (Å²) >= 11 is 0. The van der Waals surface area contributed by atoms with Crippen LogP contribution in [-0.4, -0.2) is 13.2 Å². The molecular formula is C16H14N2O. The zero-order valence-electron chi connectivity index (χ0n) is 10.5. The maximum Gasteiger partial charge on any atom is 0.122 e. The van der Waals surface area contributed by atoms with Crippen LogP contribution in [-0.2, 0) is 0 Å². The molecule has 1 aliphatic heterocycles. The third-order valence-corrected chi connectivity index (χ3v) is 3.37. The van der Waals surface area contributed by atoms with Crippen LogP contribution in [0.25, 0.3) is 0 Å². The second-order valence-corrected chi connectivity index (χ2v) is 4.62. The van der Waals surface area contributed by atoms with Gasteiger partial charge >= 0.3 is 0 Å². The number of anilines is 1. The Balaban J connectivity index is 1.66. The summed E-state index contributed by atoms with van der Waals surface area (Å²) in [4.78, 5) is 0. The first kappa shape index (κ1) is 11.6. The molecule has 2 aromatic rings. The molecule has 0 aromatic heterocycles. The molecule has 0 spiro atoms. The van der Waals surface area contributed by atoms with Crippen LogP contribution < -0.4 is 10.1 Å². The molecule has 1 atom stereocenters. The van der Waals surface area contributed by atoms with Crippen molar-refractivity contribution in [1.82, 2.24) is 0 Å². The van der Waals surface area contributed by atoms with Crippen molar-refractivity contribution in [3.05, 3.63) is 59.7 Å². The maximum atomic E-state index is 8.75. The minimum Gasteiger partial charge on any atom is -0.493 e. The van der Waals surface area contributed by atoms with E-state index in [1.54, 1.807) is 0 Å². The summed E-state index contributed by atoms with van der Waals surface area (Å²) in [5.41, 5.74) is 2.98. The van der Waals surface area contributed by atoms with Crippen molar-refractivity contribution >= 4 is 5.69 Å². The molecule has 0 saturated carbocycles. The third kappa shape index (κ3) is 2.38. The van der Waals surface area contributed by atoms with Crippen molar-refractivity contribution in [3.8, 4) is 11.8 Å². The molecule has 1 unspecified atom stereocenters. The minimum atomic E-state index is 0.381. The summed E-state index contributed by atoms with van der Waals surface area (Å²) in [6.07, 6.45) is 0. The fourth-order valence-corrected chi connectivity index (χ4v) is 2.30. The van der Waals surface area contributed by atoms with Crippen LogP contribution in [0, 0.1) is 11.3 Å². The van der Waals surface area contributed by atoms with Gasteiger partial charge in [0.15, 0.2) is 0 Å². The van der Waals surface area contributed by atoms with E-state index in [-0.39, 0.29) is 0 Å². The standard InChI is InChI=1S/C16H14N2O/c17-9-12-5-7-14(8-6-12)18-10-13-11-19-16-4-2-1-3-15(13)16/h1-8,13,18H,10-11H2. The third-order valence-electron chi connectivity index (χ3n) is 3.37. The van der Waals surface area contributed by atoms with Crippen LogP contribution in [0.15, 0.2) is 48.5 Å². The van der Waals surface area contributed by atoms with Gasteiger partial charge in [0.05, 0.1) is 18.2 Å². The van der Waals surface area contributed by atoms with Gasteiger partial charge in [-0.05, 0) is 30.3 Å². The topological polar surface area (TPSA) is 45.0 Å². The van der Waals surface area contributed by atoms with E-state index in [4.69, 9.17) is 10.00 Å². The van der Waals surface area contributed by atoms with Gasteiger partial charge in [0.1, 0.15) is 5.75 Å². The summed E-state index contributed by atoms with van der Waals surface area (Å²) in [6.45, 7) is 1.56. The average Bonchev–Trinajstić information content (AvgIpc) is 2.89. The van der Waals surface area contributed by atoms with E-state index in [0.717, 1.165) is 24.6 Å². The Kier molecular flexibility index (Phi) is 3.07. The molecule has 1 aliphatic rings. The lowest BCUT2D eigenvalue weighted by molar-refractivity contribution is 0.334. The van der Waals surface area contributed by atoms with Gasteiger partial charge in [-0.3, -0.25) is 0 Å². The molecular weight excluding hydrogens is 236 g/mol. The Morgan fingerprint density at radius 2 is 1.95 bits per heavy atom. The number of nitrogens with one attached hydrogen (secondary N) is 1. The van der Waals surface area contributed by atoms with E-state index >= 15 is 0 Å². The minimum absolute atomic E-state index is 0.381. The van der Waals surface area contributed by atoms with E-state index in [0.29, 0.717) is 11.5 Å². The number of nitrogens with zero attached hydrogens (tertiary/aromatic N) is 1. The lowest BCUT2D eigenvalue weighted by atomic mass is 10.0. The van der Waals surface area contributed by atoms with E-state index in [2.05, 4.69) is 17.5 Å². The fraction of sp³-hybridized carbons (Fsp3) is 0.188. The highest BCUT2D eigenvalue weighted by Crippen LogP contribution is 2.33. The molecule has 94 valence electrons. The summed E-state index contributed by atoms with van der Waals surface area (Å²) in [5, 5.41) is 12.1. The van der Waals surface area contributed by atoms with Crippen LogP contribution in [0.2, 0.25) is 0 Å². The van der Waals surface area contributed by atoms with E-state index in [1.807, 2.05) is 42.5 Å². The number of ether oxygens (including phenoxy) is 1. The van der Waals surface area contributed by atoms with E-state index in [9.17, 15) is 0 Å². The Bertz CT molecular complexity index is 613. The van der Waals surface area contributed by atoms with Crippen molar-refractivity contribution in [2.45, 2.75) is 5.92 Å². The number of hydrogen-bond acceptors (Lipinski definition) is 3. The highest BCUT2D eigenvalue weighted by atomic mass is 16.5. The average molecular weight is 250 g/mol. The first-order chi connectivity index (χ1) is 9.36. The molecule has 0 bridgehead atoms. The number of benzene rings is 2. The number of para-hydroxylation sites is 1. The van der Waals surface area contributed by atoms with Crippen LogP contribution in [0.5, 0.6) is 5.75 Å². The van der Waals surface area contributed by atoms with Gasteiger partial charge in [-0.1, -0.05) is 18.2 Å². The molecule has 3 heteroatoms. The molecule has 2 aromatic carbocycles. The normalized spacial score (nSPS) is 16.3. The van der Waals surface area contributed by atoms with E-state index < -0.39 is 0 Å². The van der Waals surface area contributed by atoms with Gasteiger partial charge in [-0.25, -0.2) is 0 Å². The first-order valence-electron chi connectivity index (χ1n) is 6.32. The largest absolute Gasteiger partial charge is 0.493 e. The van der Waals surface area contributed by atoms with Gasteiger partial charge < -0.3 is 10.1 Å². The SMILES string of the molecule is N#Cc1ccc(NCC2COc3ccccc32)cc1. The summed E-state index contributed by atoms with van der Waals surface area (Å²) < 4.78 is 5.65. The number of hydrogen-bond donors (Lipinski definition) is 1. The highest BCUT2D eigenvalue weighted by molar-refractivity contribution is 5.48. The van der Waals surface area contributed by atoms with Gasteiger partial charge in [0.25, 0.3) is 0 Å².